The summed E-state index contributed by atoms with van der Waals surface area (Å²) in [5.74, 6) is 0.265. The molecule has 0 unspecified atom stereocenters. The topological polar surface area (TPSA) is 33.1 Å². The van der Waals surface area contributed by atoms with Gasteiger partial charge >= 0.3 is 0 Å². The third-order valence-corrected chi connectivity index (χ3v) is 2.41. The molecule has 2 rings (SSSR count). The van der Waals surface area contributed by atoms with E-state index in [1.54, 1.807) is 6.07 Å². The fourth-order valence-corrected chi connectivity index (χ4v) is 1.74. The Morgan fingerprint density at radius 3 is 2.73 bits per heavy atom. The lowest BCUT2D eigenvalue weighted by Crippen LogP contribution is -1.90. The van der Waals surface area contributed by atoms with Gasteiger partial charge in [-0.1, -0.05) is 19.1 Å². The molecule has 3 heteroatoms. The highest BCUT2D eigenvalue weighted by Crippen LogP contribution is 2.25. The van der Waals surface area contributed by atoms with Gasteiger partial charge in [0.25, 0.3) is 0 Å². The van der Waals surface area contributed by atoms with Crippen LogP contribution >= 0.6 is 0 Å². The fourth-order valence-electron chi connectivity index (χ4n) is 1.74. The van der Waals surface area contributed by atoms with Crippen LogP contribution in [-0.2, 0) is 6.42 Å². The monoisotopic (exact) mass is 217 g/mol. The third kappa shape index (κ3) is 2.14. The molecule has 78 valence electrons. The molecule has 0 amide bonds. The number of rotatable bonds is 1. The summed E-state index contributed by atoms with van der Waals surface area (Å²) in [6.45, 7) is 4.06. The number of phenolic OH excluding ortho intramolecular Hbond substituents is 1. The Bertz CT molecular complexity index is 482. The zero-order valence-electron chi connectivity index (χ0n) is 8.41. The minimum absolute atomic E-state index is 0. The van der Waals surface area contributed by atoms with Gasteiger partial charge in [0.15, 0.2) is 17.4 Å². The summed E-state index contributed by atoms with van der Waals surface area (Å²) in [6, 6.07) is 7.60. The zero-order chi connectivity index (χ0) is 10.1. The number of aromatic hydroxyl groups is 1. The highest BCUT2D eigenvalue weighted by atomic mass is 27.0. The van der Waals surface area contributed by atoms with Gasteiger partial charge in [0.1, 0.15) is 11.3 Å². The molecule has 0 saturated carbocycles. The van der Waals surface area contributed by atoms with E-state index in [-0.39, 0.29) is 23.1 Å². The van der Waals surface area contributed by atoms with E-state index < -0.39 is 0 Å². The Labute approximate surface area is 100 Å². The van der Waals surface area contributed by atoms with E-state index >= 15 is 0 Å². The van der Waals surface area contributed by atoms with Crippen molar-refractivity contribution >= 4 is 28.3 Å². The molecule has 2 aromatic rings. The smallest absolute Gasteiger partial charge is 0.187 e. The summed E-state index contributed by atoms with van der Waals surface area (Å²) in [5, 5.41) is 10.7. The predicted molar refractivity (Wildman–Crippen MR) is 67.5 cm³/mol. The van der Waals surface area contributed by atoms with Crippen LogP contribution in [0.2, 0.25) is 0 Å². The van der Waals surface area contributed by atoms with Crippen molar-refractivity contribution in [2.24, 2.45) is 0 Å². The van der Waals surface area contributed by atoms with Crippen molar-refractivity contribution in [2.75, 3.05) is 0 Å². The lowest BCUT2D eigenvalue weighted by atomic mass is 10.1. The average Bonchev–Trinajstić information content (AvgIpc) is 2.18. The maximum Gasteiger partial charge on any atom is 0.187 e. The van der Waals surface area contributed by atoms with Crippen LogP contribution in [0.4, 0.5) is 0 Å². The van der Waals surface area contributed by atoms with E-state index in [2.05, 4.69) is 18.0 Å². The first-order valence-electron chi connectivity index (χ1n) is 4.80. The molecule has 0 aliphatic heterocycles. The van der Waals surface area contributed by atoms with Crippen LogP contribution in [0, 0.1) is 6.92 Å². The SMILES string of the molecule is CCc1cc(C)nc2c(O)cccc12.[AlH3]. The molecule has 0 aliphatic rings. The van der Waals surface area contributed by atoms with Gasteiger partial charge in [0, 0.05) is 11.1 Å². The molecule has 1 aromatic heterocycles. The first kappa shape index (κ1) is 12.0. The number of para-hydroxylation sites is 1. The van der Waals surface area contributed by atoms with Gasteiger partial charge in [-0.2, -0.15) is 0 Å². The van der Waals surface area contributed by atoms with E-state index in [0.717, 1.165) is 17.5 Å². The summed E-state index contributed by atoms with van der Waals surface area (Å²) in [4.78, 5) is 4.33. The van der Waals surface area contributed by atoms with E-state index in [4.69, 9.17) is 0 Å². The van der Waals surface area contributed by atoms with Crippen LogP contribution in [0.3, 0.4) is 0 Å². The van der Waals surface area contributed by atoms with Gasteiger partial charge in [0.2, 0.25) is 0 Å². The van der Waals surface area contributed by atoms with Gasteiger partial charge in [-0.15, -0.1) is 0 Å². The summed E-state index contributed by atoms with van der Waals surface area (Å²) in [6.07, 6.45) is 0.962. The standard InChI is InChI=1S/C12H13NO.Al.3H/c1-3-9-7-8(2)13-12-10(9)5-4-6-11(12)14;;;;/h4-7,14H,3H2,1-2H3;;;;. The van der Waals surface area contributed by atoms with Crippen LogP contribution in [0.1, 0.15) is 18.2 Å². The summed E-state index contributed by atoms with van der Waals surface area (Å²) in [7, 11) is 0. The van der Waals surface area contributed by atoms with Crippen molar-refractivity contribution in [3.63, 3.8) is 0 Å². The molecule has 15 heavy (non-hydrogen) atoms. The highest BCUT2D eigenvalue weighted by Gasteiger charge is 2.05. The molecule has 0 radical (unpaired) electrons. The number of pyridine rings is 1. The minimum atomic E-state index is 0. The Balaban J connectivity index is 0.00000112. The first-order chi connectivity index (χ1) is 6.72. The number of aryl methyl sites for hydroxylation is 2. The van der Waals surface area contributed by atoms with E-state index in [1.807, 2.05) is 19.1 Å². The van der Waals surface area contributed by atoms with Crippen molar-refractivity contribution in [3.8, 4) is 5.75 Å². The lowest BCUT2D eigenvalue weighted by Gasteiger charge is -2.06. The van der Waals surface area contributed by atoms with E-state index in [1.165, 1.54) is 5.56 Å². The van der Waals surface area contributed by atoms with Crippen molar-refractivity contribution in [2.45, 2.75) is 20.3 Å². The van der Waals surface area contributed by atoms with Gasteiger partial charge in [-0.25, -0.2) is 4.98 Å². The quantitative estimate of drug-likeness (QED) is 0.736. The molecule has 1 N–H and O–H groups in total. The Morgan fingerprint density at radius 1 is 1.33 bits per heavy atom. The van der Waals surface area contributed by atoms with Crippen LogP contribution in [0.5, 0.6) is 5.75 Å². The molecule has 0 saturated heterocycles. The Morgan fingerprint density at radius 2 is 2.07 bits per heavy atom. The summed E-state index contributed by atoms with van der Waals surface area (Å²) >= 11 is 0. The summed E-state index contributed by atoms with van der Waals surface area (Å²) in [5.41, 5.74) is 2.91. The van der Waals surface area contributed by atoms with Gasteiger partial charge < -0.3 is 5.11 Å². The van der Waals surface area contributed by atoms with E-state index in [9.17, 15) is 5.11 Å². The van der Waals surface area contributed by atoms with Crippen molar-refractivity contribution in [3.05, 3.63) is 35.5 Å². The second-order valence-electron chi connectivity index (χ2n) is 3.45. The Hall–Kier alpha value is -1.04. The molecule has 2 nitrogen and oxygen atoms in total. The van der Waals surface area contributed by atoms with Gasteiger partial charge in [-0.05, 0) is 31.0 Å². The molecule has 0 atom stereocenters. The number of benzene rings is 1. The van der Waals surface area contributed by atoms with Gasteiger partial charge in [0.05, 0.1) is 0 Å². The minimum Gasteiger partial charge on any atom is -0.506 e. The van der Waals surface area contributed by atoms with Crippen molar-refractivity contribution < 1.29 is 5.11 Å². The molecule has 1 aromatic carbocycles. The third-order valence-electron chi connectivity index (χ3n) is 2.41. The summed E-state index contributed by atoms with van der Waals surface area (Å²) < 4.78 is 0. The molecule has 0 bridgehead atoms. The number of hydrogen-bond acceptors (Lipinski definition) is 2. The Kier molecular flexibility index (Phi) is 3.73. The lowest BCUT2D eigenvalue weighted by molar-refractivity contribution is 0.480. The molecular formula is C12H16AlNO. The highest BCUT2D eigenvalue weighted by molar-refractivity contribution is 5.87. The maximum absolute atomic E-state index is 9.65. The molecule has 0 aliphatic carbocycles. The number of aromatic nitrogens is 1. The van der Waals surface area contributed by atoms with Crippen LogP contribution in [0.25, 0.3) is 10.9 Å². The second-order valence-corrected chi connectivity index (χ2v) is 3.45. The number of phenols is 1. The molecular weight excluding hydrogens is 201 g/mol. The maximum atomic E-state index is 9.65. The fraction of sp³-hybridized carbons (Fsp3) is 0.250. The van der Waals surface area contributed by atoms with Gasteiger partial charge in [-0.3, -0.25) is 0 Å². The first-order valence-corrected chi connectivity index (χ1v) is 4.80. The normalized spacial score (nSPS) is 10.0. The van der Waals surface area contributed by atoms with Crippen LogP contribution < -0.4 is 0 Å². The number of fused-ring (bicyclic) bond motifs is 1. The molecule has 0 fully saturated rings. The largest absolute Gasteiger partial charge is 0.506 e. The van der Waals surface area contributed by atoms with Crippen molar-refractivity contribution in [1.29, 1.82) is 0 Å². The molecule has 1 heterocycles. The number of nitrogens with zero attached hydrogens (tertiary/aromatic N) is 1. The predicted octanol–water partition coefficient (Wildman–Crippen LogP) is 1.63. The number of hydrogen-bond donors (Lipinski definition) is 1. The second kappa shape index (κ2) is 4.65. The van der Waals surface area contributed by atoms with Crippen LogP contribution in [-0.4, -0.2) is 27.5 Å². The average molecular weight is 217 g/mol. The molecule has 0 spiro atoms. The van der Waals surface area contributed by atoms with Crippen LogP contribution in [0.15, 0.2) is 24.3 Å². The van der Waals surface area contributed by atoms with Crippen molar-refractivity contribution in [1.82, 2.24) is 4.98 Å². The van der Waals surface area contributed by atoms with E-state index in [0.29, 0.717) is 5.52 Å². The zero-order valence-corrected chi connectivity index (χ0v) is 8.41.